The summed E-state index contributed by atoms with van der Waals surface area (Å²) >= 11 is 0. The molecule has 98 valence electrons. The summed E-state index contributed by atoms with van der Waals surface area (Å²) in [5, 5.41) is 5.88. The molecule has 0 unspecified atom stereocenters. The summed E-state index contributed by atoms with van der Waals surface area (Å²) in [4.78, 5) is 10.8. The van der Waals surface area contributed by atoms with Gasteiger partial charge in [-0.3, -0.25) is 4.79 Å². The Morgan fingerprint density at radius 1 is 1.44 bits per heavy atom. The second kappa shape index (κ2) is 6.69. The van der Waals surface area contributed by atoms with Gasteiger partial charge in [0.2, 0.25) is 5.91 Å². The molecule has 0 radical (unpaired) electrons. The van der Waals surface area contributed by atoms with Gasteiger partial charge >= 0.3 is 0 Å². The lowest BCUT2D eigenvalue weighted by Gasteiger charge is -2.13. The average Bonchev–Trinajstić information content (AvgIpc) is 2.37. The van der Waals surface area contributed by atoms with Gasteiger partial charge in [-0.1, -0.05) is 6.58 Å². The van der Waals surface area contributed by atoms with Crippen molar-refractivity contribution in [2.45, 2.75) is 13.3 Å². The van der Waals surface area contributed by atoms with E-state index in [1.165, 1.54) is 6.92 Å². The van der Waals surface area contributed by atoms with Gasteiger partial charge in [0, 0.05) is 31.8 Å². The minimum Gasteiger partial charge on any atom is -0.497 e. The van der Waals surface area contributed by atoms with Crippen LogP contribution >= 0.6 is 0 Å². The van der Waals surface area contributed by atoms with Crippen molar-refractivity contribution in [2.75, 3.05) is 26.0 Å². The fourth-order valence-electron chi connectivity index (χ4n) is 1.68. The van der Waals surface area contributed by atoms with E-state index >= 15 is 0 Å². The Morgan fingerprint density at radius 3 is 2.72 bits per heavy atom. The van der Waals surface area contributed by atoms with E-state index in [9.17, 15) is 4.79 Å². The number of rotatable bonds is 6. The van der Waals surface area contributed by atoms with Crippen molar-refractivity contribution in [1.82, 2.24) is 5.32 Å². The van der Waals surface area contributed by atoms with Gasteiger partial charge in [-0.05, 0) is 30.2 Å². The van der Waals surface area contributed by atoms with Crippen molar-refractivity contribution < 1.29 is 9.53 Å². The van der Waals surface area contributed by atoms with E-state index in [-0.39, 0.29) is 5.91 Å². The molecule has 0 aliphatic rings. The van der Waals surface area contributed by atoms with Crippen molar-refractivity contribution in [1.29, 1.82) is 0 Å². The maximum Gasteiger partial charge on any atom is 0.216 e. The average molecular weight is 248 g/mol. The Morgan fingerprint density at radius 2 is 2.17 bits per heavy atom. The first kappa shape index (κ1) is 14.1. The van der Waals surface area contributed by atoms with Crippen LogP contribution in [-0.4, -0.2) is 26.6 Å². The topological polar surface area (TPSA) is 50.4 Å². The Labute approximate surface area is 108 Å². The first-order valence-corrected chi connectivity index (χ1v) is 5.87. The predicted molar refractivity (Wildman–Crippen MR) is 74.9 cm³/mol. The molecule has 1 aromatic carbocycles. The van der Waals surface area contributed by atoms with E-state index in [0.717, 1.165) is 22.6 Å². The Hall–Kier alpha value is -1.97. The minimum absolute atomic E-state index is 0.0257. The molecular formula is C14H20N2O2. The van der Waals surface area contributed by atoms with Gasteiger partial charge in [0.15, 0.2) is 0 Å². The molecule has 1 aromatic rings. The molecule has 0 spiro atoms. The van der Waals surface area contributed by atoms with Crippen LogP contribution in [0.2, 0.25) is 0 Å². The first-order valence-electron chi connectivity index (χ1n) is 5.87. The van der Waals surface area contributed by atoms with Crippen molar-refractivity contribution in [2.24, 2.45) is 0 Å². The highest BCUT2D eigenvalue weighted by atomic mass is 16.5. The standard InChI is InChI=1S/C14H20N2O2/c1-10(7-8-16-11(2)17)13-9-12(18-4)5-6-14(13)15-3/h5-6,9,15H,1,7-8H2,2-4H3,(H,16,17). The summed E-state index contributed by atoms with van der Waals surface area (Å²) in [5.74, 6) is 0.770. The van der Waals surface area contributed by atoms with E-state index in [2.05, 4.69) is 17.2 Å². The van der Waals surface area contributed by atoms with E-state index in [4.69, 9.17) is 4.74 Å². The number of carbonyl (C=O) groups is 1. The van der Waals surface area contributed by atoms with Gasteiger partial charge in [-0.15, -0.1) is 0 Å². The van der Waals surface area contributed by atoms with E-state index in [1.807, 2.05) is 25.2 Å². The largest absolute Gasteiger partial charge is 0.497 e. The van der Waals surface area contributed by atoms with Crippen LogP contribution in [0, 0.1) is 0 Å². The van der Waals surface area contributed by atoms with Gasteiger partial charge in [-0.25, -0.2) is 0 Å². The second-order valence-electron chi connectivity index (χ2n) is 4.00. The van der Waals surface area contributed by atoms with Gasteiger partial charge in [0.25, 0.3) is 0 Å². The number of carbonyl (C=O) groups excluding carboxylic acids is 1. The zero-order valence-corrected chi connectivity index (χ0v) is 11.2. The van der Waals surface area contributed by atoms with Gasteiger partial charge in [0.1, 0.15) is 5.75 Å². The maximum absolute atomic E-state index is 10.8. The minimum atomic E-state index is -0.0257. The van der Waals surface area contributed by atoms with Gasteiger partial charge in [-0.2, -0.15) is 0 Å². The lowest BCUT2D eigenvalue weighted by molar-refractivity contribution is -0.118. The van der Waals surface area contributed by atoms with Crippen LogP contribution in [0.25, 0.3) is 5.57 Å². The molecular weight excluding hydrogens is 228 g/mol. The molecule has 0 heterocycles. The summed E-state index contributed by atoms with van der Waals surface area (Å²) in [6.07, 6.45) is 0.710. The summed E-state index contributed by atoms with van der Waals surface area (Å²) in [6.45, 7) is 6.16. The molecule has 0 saturated heterocycles. The Bertz CT molecular complexity index is 441. The van der Waals surface area contributed by atoms with Crippen LogP contribution in [0.1, 0.15) is 18.9 Å². The van der Waals surface area contributed by atoms with E-state index < -0.39 is 0 Å². The number of methoxy groups -OCH3 is 1. The summed E-state index contributed by atoms with van der Waals surface area (Å²) in [5.41, 5.74) is 2.98. The lowest BCUT2D eigenvalue weighted by Crippen LogP contribution is -2.21. The highest BCUT2D eigenvalue weighted by Gasteiger charge is 2.07. The van der Waals surface area contributed by atoms with Crippen molar-refractivity contribution in [3.8, 4) is 5.75 Å². The molecule has 0 aromatic heterocycles. The van der Waals surface area contributed by atoms with Crippen LogP contribution in [0.3, 0.4) is 0 Å². The van der Waals surface area contributed by atoms with Crippen molar-refractivity contribution in [3.63, 3.8) is 0 Å². The number of amides is 1. The molecule has 4 nitrogen and oxygen atoms in total. The monoisotopic (exact) mass is 248 g/mol. The zero-order chi connectivity index (χ0) is 13.5. The molecule has 0 bridgehead atoms. The summed E-state index contributed by atoms with van der Waals surface area (Å²) in [7, 11) is 3.50. The van der Waals surface area contributed by atoms with Crippen LogP contribution < -0.4 is 15.4 Å². The molecule has 1 rings (SSSR count). The van der Waals surface area contributed by atoms with E-state index in [0.29, 0.717) is 13.0 Å². The number of ether oxygens (including phenoxy) is 1. The molecule has 0 aliphatic heterocycles. The van der Waals surface area contributed by atoms with Gasteiger partial charge in [0.05, 0.1) is 7.11 Å². The number of hydrogen-bond acceptors (Lipinski definition) is 3. The molecule has 18 heavy (non-hydrogen) atoms. The second-order valence-corrected chi connectivity index (χ2v) is 4.00. The fourth-order valence-corrected chi connectivity index (χ4v) is 1.68. The highest BCUT2D eigenvalue weighted by Crippen LogP contribution is 2.28. The number of nitrogens with one attached hydrogen (secondary N) is 2. The highest BCUT2D eigenvalue weighted by molar-refractivity contribution is 5.77. The first-order chi connectivity index (χ1) is 8.58. The molecule has 4 heteroatoms. The van der Waals surface area contributed by atoms with E-state index in [1.54, 1.807) is 7.11 Å². The molecule has 0 aliphatic carbocycles. The zero-order valence-electron chi connectivity index (χ0n) is 11.2. The number of benzene rings is 1. The molecule has 2 N–H and O–H groups in total. The smallest absolute Gasteiger partial charge is 0.216 e. The predicted octanol–water partition coefficient (Wildman–Crippen LogP) is 2.28. The molecule has 0 atom stereocenters. The fraction of sp³-hybridized carbons (Fsp3) is 0.357. The third kappa shape index (κ3) is 3.80. The SMILES string of the molecule is C=C(CCNC(C)=O)c1cc(OC)ccc1NC. The lowest BCUT2D eigenvalue weighted by atomic mass is 10.0. The number of hydrogen-bond donors (Lipinski definition) is 2. The van der Waals surface area contributed by atoms with Crippen molar-refractivity contribution in [3.05, 3.63) is 30.3 Å². The number of anilines is 1. The van der Waals surface area contributed by atoms with Crippen LogP contribution in [-0.2, 0) is 4.79 Å². The normalized spacial score (nSPS) is 9.72. The molecule has 0 saturated carbocycles. The third-order valence-corrected chi connectivity index (χ3v) is 2.68. The van der Waals surface area contributed by atoms with Gasteiger partial charge < -0.3 is 15.4 Å². The quantitative estimate of drug-likeness (QED) is 0.812. The molecule has 0 fully saturated rings. The van der Waals surface area contributed by atoms with Crippen LogP contribution in [0.5, 0.6) is 5.75 Å². The summed E-state index contributed by atoms with van der Waals surface area (Å²) in [6, 6.07) is 5.80. The Kier molecular flexibility index (Phi) is 5.24. The summed E-state index contributed by atoms with van der Waals surface area (Å²) < 4.78 is 5.21. The molecule has 1 amide bonds. The van der Waals surface area contributed by atoms with Crippen LogP contribution in [0.4, 0.5) is 5.69 Å². The van der Waals surface area contributed by atoms with Crippen molar-refractivity contribution >= 4 is 17.2 Å². The Balaban J connectivity index is 2.79. The third-order valence-electron chi connectivity index (χ3n) is 2.68. The van der Waals surface area contributed by atoms with Crippen LogP contribution in [0.15, 0.2) is 24.8 Å². The maximum atomic E-state index is 10.8.